The van der Waals surface area contributed by atoms with Crippen LogP contribution in [0, 0.1) is 0 Å². The number of nitrogens with zero attached hydrogens (tertiary/aromatic N) is 7. The minimum Gasteiger partial charge on any atom is -0.456 e. The molecule has 2 atom stereocenters. The molecule has 0 radical (unpaired) electrons. The molecule has 4 heterocycles. The van der Waals surface area contributed by atoms with Crippen molar-refractivity contribution in [1.29, 1.82) is 0 Å². The Hall–Kier alpha value is -8.36. The molecule has 1 aliphatic carbocycles. The maximum absolute atomic E-state index is 6.60. The predicted octanol–water partition coefficient (Wildman–Crippen LogP) is 12.7. The average molecular weight is 798 g/mol. The molecule has 0 N–H and O–H groups in total. The van der Waals surface area contributed by atoms with Crippen LogP contribution in [-0.4, -0.2) is 35.9 Å². The fraction of sp³-hybridized carbons (Fsp3) is 0.0370. The Morgan fingerprint density at radius 2 is 0.919 bits per heavy atom. The number of hydrogen-bond donors (Lipinski definition) is 0. The first kappa shape index (κ1) is 35.6. The van der Waals surface area contributed by atoms with Crippen molar-refractivity contribution >= 4 is 33.3 Å². The number of aromatic nitrogens is 6. The Morgan fingerprint density at radius 3 is 1.55 bits per heavy atom. The number of anilines is 2. The molecule has 0 fully saturated rings. The lowest BCUT2D eigenvalue weighted by molar-refractivity contribution is 0.669. The first-order chi connectivity index (χ1) is 30.7. The second-order valence-corrected chi connectivity index (χ2v) is 15.5. The molecule has 7 aromatic carbocycles. The van der Waals surface area contributed by atoms with Gasteiger partial charge in [0.25, 0.3) is 0 Å². The molecule has 1 aliphatic heterocycles. The van der Waals surface area contributed by atoms with Crippen LogP contribution in [0.25, 0.3) is 90.3 Å². The summed E-state index contributed by atoms with van der Waals surface area (Å²) in [5, 5.41) is 1.86. The van der Waals surface area contributed by atoms with E-state index in [0.29, 0.717) is 46.4 Å². The normalized spacial score (nSPS) is 15.3. The van der Waals surface area contributed by atoms with Crippen molar-refractivity contribution in [3.63, 3.8) is 0 Å². The summed E-state index contributed by atoms with van der Waals surface area (Å²) in [6.07, 6.45) is 8.89. The lowest BCUT2D eigenvalue weighted by Crippen LogP contribution is -2.28. The first-order valence-electron chi connectivity index (χ1n) is 20.7. The van der Waals surface area contributed by atoms with E-state index < -0.39 is 0 Å². The highest BCUT2D eigenvalue weighted by atomic mass is 16.3. The second-order valence-electron chi connectivity index (χ2n) is 15.5. The van der Waals surface area contributed by atoms with Crippen molar-refractivity contribution in [2.75, 3.05) is 4.90 Å². The number of hydrogen-bond acceptors (Lipinski definition) is 8. The molecule has 0 amide bonds. The van der Waals surface area contributed by atoms with Crippen LogP contribution in [0.5, 0.6) is 0 Å². The zero-order chi connectivity index (χ0) is 41.0. The molecule has 0 saturated heterocycles. The van der Waals surface area contributed by atoms with E-state index >= 15 is 0 Å². The van der Waals surface area contributed by atoms with Crippen molar-refractivity contribution in [2.45, 2.75) is 12.0 Å². The van der Waals surface area contributed by atoms with E-state index in [9.17, 15) is 0 Å². The summed E-state index contributed by atoms with van der Waals surface area (Å²) < 4.78 is 6.60. The Kier molecular flexibility index (Phi) is 8.45. The molecule has 62 heavy (non-hydrogen) atoms. The fourth-order valence-electron chi connectivity index (χ4n) is 8.79. The van der Waals surface area contributed by atoms with Gasteiger partial charge in [0.05, 0.1) is 6.04 Å². The van der Waals surface area contributed by atoms with Gasteiger partial charge in [-0.15, -0.1) is 0 Å². The van der Waals surface area contributed by atoms with E-state index in [4.69, 9.17) is 34.3 Å². The third kappa shape index (κ3) is 6.16. The number of fused-ring (bicyclic) bond motifs is 6. The summed E-state index contributed by atoms with van der Waals surface area (Å²) >= 11 is 0. The van der Waals surface area contributed by atoms with Crippen molar-refractivity contribution in [1.82, 2.24) is 29.9 Å². The molecule has 0 spiro atoms. The Morgan fingerprint density at radius 1 is 0.403 bits per heavy atom. The van der Waals surface area contributed by atoms with Crippen LogP contribution >= 0.6 is 0 Å². The first-order valence-corrected chi connectivity index (χ1v) is 20.7. The molecule has 0 bridgehead atoms. The van der Waals surface area contributed by atoms with Gasteiger partial charge in [0.15, 0.2) is 34.9 Å². The van der Waals surface area contributed by atoms with Crippen LogP contribution in [-0.2, 0) is 0 Å². The molecular weight excluding hydrogens is 763 g/mol. The number of rotatable bonds is 7. The third-order valence-corrected chi connectivity index (χ3v) is 11.7. The van der Waals surface area contributed by atoms with Crippen LogP contribution in [0.3, 0.4) is 0 Å². The van der Waals surface area contributed by atoms with Gasteiger partial charge in [0, 0.05) is 61.4 Å². The zero-order valence-corrected chi connectivity index (χ0v) is 33.2. The Labute approximate surface area is 357 Å². The smallest absolute Gasteiger partial charge is 0.164 e. The molecule has 2 aliphatic rings. The lowest BCUT2D eigenvalue weighted by atomic mass is 9.91. The van der Waals surface area contributed by atoms with E-state index in [1.807, 2.05) is 115 Å². The summed E-state index contributed by atoms with van der Waals surface area (Å²) in [4.78, 5) is 32.6. The number of para-hydroxylation sites is 1. The fourth-order valence-corrected chi connectivity index (χ4v) is 8.79. The maximum atomic E-state index is 6.60. The quantitative estimate of drug-likeness (QED) is 0.157. The molecule has 0 saturated carbocycles. The van der Waals surface area contributed by atoms with E-state index in [2.05, 4.69) is 89.9 Å². The van der Waals surface area contributed by atoms with Crippen LogP contribution < -0.4 is 4.90 Å². The van der Waals surface area contributed by atoms with Crippen molar-refractivity contribution in [2.24, 2.45) is 0 Å². The van der Waals surface area contributed by atoms with Gasteiger partial charge >= 0.3 is 0 Å². The van der Waals surface area contributed by atoms with Gasteiger partial charge in [-0.2, -0.15) is 0 Å². The van der Waals surface area contributed by atoms with Crippen LogP contribution in [0.1, 0.15) is 11.5 Å². The van der Waals surface area contributed by atoms with E-state index in [-0.39, 0.29) is 6.04 Å². The van der Waals surface area contributed by atoms with Crippen molar-refractivity contribution < 1.29 is 4.42 Å². The standard InChI is InChI=1S/C54H35N7O/c1-4-15-34(16-5-1)49-55-52(37-27-30-39(31-28-37)61-44-24-12-10-21-40(44)41-22-11-13-25-45(41)61)58-53(57-49)38-29-32-42-47(33-38)62-46-26-14-23-43(48(42)46)54-59-50(35-17-6-2-7-18-35)56-51(60-54)36-19-8-3-9-20-36/h1-33,40,44H. The van der Waals surface area contributed by atoms with Gasteiger partial charge in [0.1, 0.15) is 11.2 Å². The van der Waals surface area contributed by atoms with Crippen LogP contribution in [0.15, 0.2) is 205 Å². The number of benzene rings is 7. The Balaban J connectivity index is 0.950. The molecule has 3 aromatic heterocycles. The van der Waals surface area contributed by atoms with Crippen LogP contribution in [0.2, 0.25) is 0 Å². The summed E-state index contributed by atoms with van der Waals surface area (Å²) in [7, 11) is 0. The summed E-state index contributed by atoms with van der Waals surface area (Å²) in [6, 6.07) is 59.7. The van der Waals surface area contributed by atoms with Gasteiger partial charge < -0.3 is 9.32 Å². The van der Waals surface area contributed by atoms with Crippen LogP contribution in [0.4, 0.5) is 11.4 Å². The molecule has 292 valence electrons. The molecule has 8 nitrogen and oxygen atoms in total. The summed E-state index contributed by atoms with van der Waals surface area (Å²) in [6.45, 7) is 0. The highest BCUT2D eigenvalue weighted by molar-refractivity contribution is 6.12. The Bertz CT molecular complexity index is 3310. The molecule has 2 unspecified atom stereocenters. The van der Waals surface area contributed by atoms with E-state index in [1.165, 1.54) is 11.3 Å². The zero-order valence-electron chi connectivity index (χ0n) is 33.2. The monoisotopic (exact) mass is 797 g/mol. The van der Waals surface area contributed by atoms with Crippen molar-refractivity contribution in [3.8, 4) is 68.3 Å². The summed E-state index contributed by atoms with van der Waals surface area (Å²) in [5.74, 6) is 3.82. The molecule has 8 heteroatoms. The van der Waals surface area contributed by atoms with Gasteiger partial charge in [-0.25, -0.2) is 29.9 Å². The molecule has 10 aromatic rings. The largest absolute Gasteiger partial charge is 0.456 e. The highest BCUT2D eigenvalue weighted by Crippen LogP contribution is 2.47. The maximum Gasteiger partial charge on any atom is 0.164 e. The minimum atomic E-state index is 0.219. The third-order valence-electron chi connectivity index (χ3n) is 11.7. The highest BCUT2D eigenvalue weighted by Gasteiger charge is 2.37. The van der Waals surface area contributed by atoms with Crippen molar-refractivity contribution in [3.05, 3.63) is 206 Å². The summed E-state index contributed by atoms with van der Waals surface area (Å²) in [5.41, 5.74) is 10.4. The van der Waals surface area contributed by atoms with E-state index in [0.717, 1.165) is 55.4 Å². The van der Waals surface area contributed by atoms with Gasteiger partial charge in [-0.3, -0.25) is 0 Å². The average Bonchev–Trinajstić information content (AvgIpc) is 3.90. The minimum absolute atomic E-state index is 0.219. The lowest BCUT2D eigenvalue weighted by Gasteiger charge is -2.28. The van der Waals surface area contributed by atoms with E-state index in [1.54, 1.807) is 0 Å². The predicted molar refractivity (Wildman–Crippen MR) is 246 cm³/mol. The molecular formula is C54H35N7O. The second kappa shape index (κ2) is 14.7. The number of furan rings is 1. The van der Waals surface area contributed by atoms with Gasteiger partial charge in [0.2, 0.25) is 0 Å². The number of allylic oxidation sites excluding steroid dienone is 2. The van der Waals surface area contributed by atoms with Gasteiger partial charge in [-0.05, 0) is 54.1 Å². The molecule has 12 rings (SSSR count). The topological polar surface area (TPSA) is 93.7 Å². The van der Waals surface area contributed by atoms with Gasteiger partial charge in [-0.1, -0.05) is 152 Å². The SMILES string of the molecule is C1=CC2c3ccccc3N(c3ccc(-c4nc(-c5ccccc5)nc(-c5ccc6c(c5)oc5cccc(-c7nc(-c8ccccc8)nc(-c8ccccc8)n7)c56)n4)cc3)C2C=C1.